The number of ketones is 1. The van der Waals surface area contributed by atoms with E-state index in [1.807, 2.05) is 6.07 Å². The number of hydrogen-bond donors (Lipinski definition) is 2. The summed E-state index contributed by atoms with van der Waals surface area (Å²) in [5.74, 6) is -3.52. The standard InChI is InChI=1S/C31H29ClF5N5O2/c1-17(43)16-42-27(18(2)25-15-22(33)7-8-26(25)32)28(40-19(3)20-12-21(31(35,36)37)14-23(34)13-20)41-29(42)30(44)39-11-9-24-6-4-5-10-38-24/h4-8,10,12-15,18-19,40H,9,11,16H2,1-3H3,(H,39,44)/t18-,19?/m0/s1. The molecule has 0 aliphatic rings. The van der Waals surface area contributed by atoms with Crippen LogP contribution in [0.3, 0.4) is 0 Å². The lowest BCUT2D eigenvalue weighted by atomic mass is 9.96. The predicted molar refractivity (Wildman–Crippen MR) is 156 cm³/mol. The Bertz CT molecular complexity index is 1660. The number of pyridine rings is 1. The number of carbonyl (C=O) groups excluding carboxylic acids is 2. The Hall–Kier alpha value is -4.32. The van der Waals surface area contributed by atoms with Crippen LogP contribution in [0, 0.1) is 11.6 Å². The zero-order valence-corrected chi connectivity index (χ0v) is 24.7. The SMILES string of the molecule is CC(=O)Cn1c(C(=O)NCCc2ccccn2)nc(NC(C)c2cc(F)cc(C(F)(F)F)c2)c1[C@@H](C)c1cc(F)ccc1Cl. The second-order valence-electron chi connectivity index (χ2n) is 10.3. The Labute approximate surface area is 255 Å². The molecular formula is C31H29ClF5N5O2. The van der Waals surface area contributed by atoms with Crippen molar-refractivity contribution in [2.24, 2.45) is 0 Å². The Morgan fingerprint density at radius 3 is 2.43 bits per heavy atom. The number of anilines is 1. The predicted octanol–water partition coefficient (Wildman–Crippen LogP) is 7.11. The molecule has 0 radical (unpaired) electrons. The van der Waals surface area contributed by atoms with Crippen molar-refractivity contribution in [3.05, 3.63) is 111 Å². The Balaban J connectivity index is 1.78. The van der Waals surface area contributed by atoms with Gasteiger partial charge in [0.25, 0.3) is 5.91 Å². The van der Waals surface area contributed by atoms with E-state index in [1.165, 1.54) is 36.6 Å². The van der Waals surface area contributed by atoms with Crippen molar-refractivity contribution in [1.82, 2.24) is 19.9 Å². The third-order valence-electron chi connectivity index (χ3n) is 6.92. The van der Waals surface area contributed by atoms with Gasteiger partial charge in [-0.25, -0.2) is 13.8 Å². The fraction of sp³-hybridized carbons (Fsp3) is 0.290. The summed E-state index contributed by atoms with van der Waals surface area (Å²) in [7, 11) is 0. The van der Waals surface area contributed by atoms with Gasteiger partial charge in [0.15, 0.2) is 0 Å². The molecule has 0 spiro atoms. The number of nitrogens with zero attached hydrogens (tertiary/aromatic N) is 3. The lowest BCUT2D eigenvalue weighted by Crippen LogP contribution is -2.30. The molecule has 0 saturated heterocycles. The topological polar surface area (TPSA) is 88.9 Å². The summed E-state index contributed by atoms with van der Waals surface area (Å²) in [5, 5.41) is 5.94. The van der Waals surface area contributed by atoms with E-state index in [2.05, 4.69) is 20.6 Å². The minimum atomic E-state index is -4.78. The molecule has 0 aliphatic heterocycles. The highest BCUT2D eigenvalue weighted by Gasteiger charge is 2.33. The minimum Gasteiger partial charge on any atom is -0.362 e. The van der Waals surface area contributed by atoms with Crippen LogP contribution < -0.4 is 10.6 Å². The molecule has 4 rings (SSSR count). The van der Waals surface area contributed by atoms with Crippen LogP contribution in [0.4, 0.5) is 27.8 Å². The molecule has 232 valence electrons. The first-order valence-electron chi connectivity index (χ1n) is 13.6. The highest BCUT2D eigenvalue weighted by atomic mass is 35.5. The van der Waals surface area contributed by atoms with Gasteiger partial charge >= 0.3 is 6.18 Å². The average molecular weight is 634 g/mol. The third kappa shape index (κ3) is 7.79. The summed E-state index contributed by atoms with van der Waals surface area (Å²) >= 11 is 6.41. The van der Waals surface area contributed by atoms with Gasteiger partial charge in [0, 0.05) is 35.8 Å². The Morgan fingerprint density at radius 2 is 1.77 bits per heavy atom. The van der Waals surface area contributed by atoms with Crippen LogP contribution in [0.15, 0.2) is 60.8 Å². The molecule has 0 fully saturated rings. The van der Waals surface area contributed by atoms with E-state index in [4.69, 9.17) is 11.6 Å². The summed E-state index contributed by atoms with van der Waals surface area (Å²) < 4.78 is 70.2. The second kappa shape index (κ2) is 13.5. The molecule has 2 heterocycles. The number of rotatable bonds is 11. The van der Waals surface area contributed by atoms with Gasteiger partial charge < -0.3 is 15.2 Å². The number of alkyl halides is 3. The maximum Gasteiger partial charge on any atom is 0.416 e. The Morgan fingerprint density at radius 1 is 1.02 bits per heavy atom. The van der Waals surface area contributed by atoms with Gasteiger partial charge in [0.05, 0.1) is 23.8 Å². The van der Waals surface area contributed by atoms with Crippen LogP contribution in [0.2, 0.25) is 5.02 Å². The van der Waals surface area contributed by atoms with Crippen molar-refractivity contribution in [3.63, 3.8) is 0 Å². The van der Waals surface area contributed by atoms with Gasteiger partial charge in [-0.1, -0.05) is 24.6 Å². The van der Waals surface area contributed by atoms with Gasteiger partial charge in [-0.15, -0.1) is 0 Å². The lowest BCUT2D eigenvalue weighted by molar-refractivity contribution is -0.137. The first-order chi connectivity index (χ1) is 20.7. The first-order valence-corrected chi connectivity index (χ1v) is 14.0. The van der Waals surface area contributed by atoms with Crippen LogP contribution in [0.1, 0.15) is 71.4 Å². The smallest absolute Gasteiger partial charge is 0.362 e. The van der Waals surface area contributed by atoms with Gasteiger partial charge in [0.1, 0.15) is 23.2 Å². The van der Waals surface area contributed by atoms with E-state index in [1.54, 1.807) is 25.3 Å². The molecule has 2 atom stereocenters. The first kappa shape index (κ1) is 32.6. The number of aromatic nitrogens is 3. The molecule has 1 amide bonds. The van der Waals surface area contributed by atoms with Crippen molar-refractivity contribution in [2.45, 2.75) is 51.9 Å². The molecule has 7 nitrogen and oxygen atoms in total. The summed E-state index contributed by atoms with van der Waals surface area (Å²) in [6, 6.07) is 10.3. The van der Waals surface area contributed by atoms with Crippen LogP contribution in [0.25, 0.3) is 0 Å². The van der Waals surface area contributed by atoms with Gasteiger partial charge in [-0.2, -0.15) is 13.2 Å². The Kier molecular flexibility index (Phi) is 10.0. The van der Waals surface area contributed by atoms with E-state index < -0.39 is 41.2 Å². The number of nitrogens with one attached hydrogen (secondary N) is 2. The zero-order chi connectivity index (χ0) is 32.2. The van der Waals surface area contributed by atoms with Crippen molar-refractivity contribution in [1.29, 1.82) is 0 Å². The fourth-order valence-corrected chi connectivity index (χ4v) is 5.09. The molecular weight excluding hydrogens is 605 g/mol. The van der Waals surface area contributed by atoms with Gasteiger partial charge in [-0.3, -0.25) is 14.6 Å². The van der Waals surface area contributed by atoms with E-state index in [0.717, 1.165) is 17.8 Å². The number of carbonyl (C=O) groups is 2. The van der Waals surface area contributed by atoms with E-state index in [9.17, 15) is 31.5 Å². The summed E-state index contributed by atoms with van der Waals surface area (Å²) in [6.07, 6.45) is -2.75. The lowest BCUT2D eigenvalue weighted by Gasteiger charge is -2.21. The highest BCUT2D eigenvalue weighted by molar-refractivity contribution is 6.31. The summed E-state index contributed by atoms with van der Waals surface area (Å²) in [6.45, 7) is 4.36. The highest BCUT2D eigenvalue weighted by Crippen LogP contribution is 2.37. The van der Waals surface area contributed by atoms with E-state index in [0.29, 0.717) is 18.1 Å². The zero-order valence-electron chi connectivity index (χ0n) is 24.0. The monoisotopic (exact) mass is 633 g/mol. The van der Waals surface area contributed by atoms with Crippen molar-refractivity contribution in [3.8, 4) is 0 Å². The van der Waals surface area contributed by atoms with E-state index >= 15 is 0 Å². The third-order valence-corrected chi connectivity index (χ3v) is 7.26. The van der Waals surface area contributed by atoms with Gasteiger partial charge in [0.2, 0.25) is 5.82 Å². The van der Waals surface area contributed by atoms with Gasteiger partial charge in [-0.05, 0) is 73.5 Å². The molecule has 1 unspecified atom stereocenters. The largest absolute Gasteiger partial charge is 0.416 e. The summed E-state index contributed by atoms with van der Waals surface area (Å²) in [5.41, 5.74) is 0.0965. The number of benzene rings is 2. The molecule has 0 saturated carbocycles. The van der Waals surface area contributed by atoms with Crippen LogP contribution >= 0.6 is 11.6 Å². The number of Topliss-reactive ketones (excluding diaryl/α,β-unsaturated/α-hetero) is 1. The van der Waals surface area contributed by atoms with Crippen LogP contribution in [-0.2, 0) is 23.9 Å². The fourth-order valence-electron chi connectivity index (χ4n) is 4.80. The number of halogens is 6. The molecule has 2 aromatic heterocycles. The van der Waals surface area contributed by atoms with Crippen molar-refractivity contribution in [2.75, 3.05) is 11.9 Å². The molecule has 0 bridgehead atoms. The molecule has 13 heteroatoms. The van der Waals surface area contributed by atoms with Crippen molar-refractivity contribution >= 4 is 29.1 Å². The molecule has 0 aliphatic carbocycles. The maximum atomic E-state index is 14.3. The maximum absolute atomic E-state index is 14.3. The second-order valence-corrected chi connectivity index (χ2v) is 10.7. The summed E-state index contributed by atoms with van der Waals surface area (Å²) in [4.78, 5) is 34.5. The molecule has 44 heavy (non-hydrogen) atoms. The molecule has 2 aromatic carbocycles. The quantitative estimate of drug-likeness (QED) is 0.172. The number of amides is 1. The average Bonchev–Trinajstić information content (AvgIpc) is 3.30. The normalized spacial score (nSPS) is 12.9. The van der Waals surface area contributed by atoms with Crippen molar-refractivity contribution < 1.29 is 31.5 Å². The van der Waals surface area contributed by atoms with E-state index in [-0.39, 0.29) is 46.8 Å². The minimum absolute atomic E-state index is 0.0271. The van der Waals surface area contributed by atoms with Crippen LogP contribution in [0.5, 0.6) is 0 Å². The molecule has 2 N–H and O–H groups in total. The number of hydrogen-bond acceptors (Lipinski definition) is 5. The molecule has 4 aromatic rings. The van der Waals surface area contributed by atoms with Crippen LogP contribution in [-0.4, -0.2) is 32.8 Å². The number of imidazole rings is 1.